The topological polar surface area (TPSA) is 48.4 Å². The summed E-state index contributed by atoms with van der Waals surface area (Å²) >= 11 is 0. The molecule has 25 heavy (non-hydrogen) atoms. The largest absolute Gasteiger partial charge is 0.480 e. The Kier molecular flexibility index (Phi) is 3.75. The van der Waals surface area contributed by atoms with Crippen molar-refractivity contribution >= 4 is 16.9 Å². The first kappa shape index (κ1) is 16.4. The quantitative estimate of drug-likeness (QED) is 0.776. The summed E-state index contributed by atoms with van der Waals surface area (Å²) in [5.41, 5.74) is 1.08. The number of fused-ring (bicyclic) bond motifs is 3. The first-order valence-corrected chi connectivity index (χ1v) is 9.08. The van der Waals surface area contributed by atoms with Crippen LogP contribution in [0.15, 0.2) is 36.5 Å². The minimum Gasteiger partial charge on any atom is -0.480 e. The van der Waals surface area contributed by atoms with Crippen molar-refractivity contribution in [3.05, 3.63) is 36.5 Å². The Labute approximate surface area is 148 Å². The third-order valence-corrected chi connectivity index (χ3v) is 6.93. The van der Waals surface area contributed by atoms with Crippen LogP contribution in [0.1, 0.15) is 40.0 Å². The lowest BCUT2D eigenvalue weighted by Crippen LogP contribution is -2.39. The van der Waals surface area contributed by atoms with Crippen molar-refractivity contribution in [3.8, 4) is 5.75 Å². The van der Waals surface area contributed by atoms with Crippen LogP contribution in [-0.2, 0) is 9.53 Å². The zero-order valence-corrected chi connectivity index (χ0v) is 15.1. The third-order valence-electron chi connectivity index (χ3n) is 6.93. The van der Waals surface area contributed by atoms with E-state index < -0.39 is 0 Å². The molecule has 0 aliphatic heterocycles. The van der Waals surface area contributed by atoms with Crippen LogP contribution in [-0.4, -0.2) is 23.7 Å². The van der Waals surface area contributed by atoms with Gasteiger partial charge in [0.05, 0.1) is 0 Å². The molecular weight excluding hydrogens is 314 g/mol. The highest BCUT2D eigenvalue weighted by atomic mass is 16.6. The van der Waals surface area contributed by atoms with Gasteiger partial charge in [-0.25, -0.2) is 4.79 Å². The number of hydrogen-bond donors (Lipinski definition) is 0. The third kappa shape index (κ3) is 2.50. The Hall–Kier alpha value is -2.10. The van der Waals surface area contributed by atoms with E-state index in [0.29, 0.717) is 11.7 Å². The predicted octanol–water partition coefficient (Wildman–Crippen LogP) is 4.37. The van der Waals surface area contributed by atoms with Gasteiger partial charge < -0.3 is 9.47 Å². The van der Waals surface area contributed by atoms with E-state index in [4.69, 9.17) is 9.47 Å². The van der Waals surface area contributed by atoms with Crippen LogP contribution in [0.3, 0.4) is 0 Å². The van der Waals surface area contributed by atoms with E-state index in [-0.39, 0.29) is 29.5 Å². The van der Waals surface area contributed by atoms with Crippen molar-refractivity contribution in [1.82, 2.24) is 4.98 Å². The van der Waals surface area contributed by atoms with Crippen molar-refractivity contribution < 1.29 is 14.3 Å². The Bertz CT molecular complexity index is 810. The van der Waals surface area contributed by atoms with E-state index >= 15 is 0 Å². The molecule has 2 aliphatic rings. The smallest absolute Gasteiger partial charge is 0.344 e. The number of carbonyl (C=O) groups excluding carboxylic acids is 1. The van der Waals surface area contributed by atoms with Gasteiger partial charge in [-0.2, -0.15) is 0 Å². The Morgan fingerprint density at radius 3 is 2.76 bits per heavy atom. The van der Waals surface area contributed by atoms with Gasteiger partial charge in [0.25, 0.3) is 0 Å². The number of para-hydroxylation sites is 1. The molecular formula is C21H25NO3. The number of aromatic nitrogens is 1. The van der Waals surface area contributed by atoms with E-state index in [0.717, 1.165) is 23.7 Å². The van der Waals surface area contributed by atoms with Gasteiger partial charge in [-0.15, -0.1) is 0 Å². The van der Waals surface area contributed by atoms with Crippen LogP contribution < -0.4 is 4.74 Å². The number of rotatable bonds is 4. The number of benzene rings is 1. The lowest BCUT2D eigenvalue weighted by Gasteiger charge is -2.38. The number of nitrogens with zero attached hydrogens (tertiary/aromatic N) is 1. The monoisotopic (exact) mass is 339 g/mol. The van der Waals surface area contributed by atoms with Crippen LogP contribution in [0, 0.1) is 16.7 Å². The molecule has 132 valence electrons. The van der Waals surface area contributed by atoms with E-state index in [9.17, 15) is 4.79 Å². The molecule has 2 fully saturated rings. The first-order chi connectivity index (χ1) is 11.9. The maximum atomic E-state index is 12.4. The molecule has 4 heteroatoms. The van der Waals surface area contributed by atoms with Crippen LogP contribution >= 0.6 is 0 Å². The average molecular weight is 339 g/mol. The van der Waals surface area contributed by atoms with Gasteiger partial charge in [0, 0.05) is 17.0 Å². The van der Waals surface area contributed by atoms with E-state index in [1.165, 1.54) is 6.42 Å². The van der Waals surface area contributed by atoms with Gasteiger partial charge in [-0.1, -0.05) is 39.0 Å². The standard InChI is InChI=1S/C21H25NO3/c1-20(2)15-9-10-21(20,3)17(12-15)25-18(23)13-24-16-8-4-6-14-7-5-11-22-19(14)16/h4-8,11,15,17H,9-10,12-13H2,1-3H3/t15-,17-,21-/m0/s1. The number of pyridine rings is 1. The molecule has 1 heterocycles. The van der Waals surface area contributed by atoms with Gasteiger partial charge in [-0.05, 0) is 42.7 Å². The Morgan fingerprint density at radius 1 is 1.24 bits per heavy atom. The van der Waals surface area contributed by atoms with E-state index in [1.54, 1.807) is 6.20 Å². The van der Waals surface area contributed by atoms with Gasteiger partial charge in [0.15, 0.2) is 6.61 Å². The SMILES string of the molecule is CC1(C)[C@H]2CC[C@@]1(C)[C@@H](OC(=O)COc1cccc3cccnc13)C2. The van der Waals surface area contributed by atoms with Gasteiger partial charge >= 0.3 is 5.97 Å². The van der Waals surface area contributed by atoms with Crippen molar-refractivity contribution in [2.24, 2.45) is 16.7 Å². The maximum absolute atomic E-state index is 12.4. The van der Waals surface area contributed by atoms with Crippen molar-refractivity contribution in [2.45, 2.75) is 46.1 Å². The highest BCUT2D eigenvalue weighted by molar-refractivity contribution is 5.84. The lowest BCUT2D eigenvalue weighted by atomic mass is 9.70. The molecule has 2 bridgehead atoms. The van der Waals surface area contributed by atoms with Crippen molar-refractivity contribution in [2.75, 3.05) is 6.61 Å². The summed E-state index contributed by atoms with van der Waals surface area (Å²) in [4.78, 5) is 16.7. The molecule has 2 aliphatic carbocycles. The second kappa shape index (κ2) is 5.72. The molecule has 0 radical (unpaired) electrons. The summed E-state index contributed by atoms with van der Waals surface area (Å²) < 4.78 is 11.6. The molecule has 4 nitrogen and oxygen atoms in total. The van der Waals surface area contributed by atoms with Crippen molar-refractivity contribution in [1.29, 1.82) is 0 Å². The minimum absolute atomic E-state index is 0.00277. The summed E-state index contributed by atoms with van der Waals surface area (Å²) in [6, 6.07) is 9.59. The number of esters is 1. The Balaban J connectivity index is 1.42. The molecule has 0 saturated heterocycles. The molecule has 4 rings (SSSR count). The van der Waals surface area contributed by atoms with Crippen LogP contribution in [0.25, 0.3) is 10.9 Å². The highest BCUT2D eigenvalue weighted by Crippen LogP contribution is 2.66. The minimum atomic E-state index is -0.289. The maximum Gasteiger partial charge on any atom is 0.344 e. The highest BCUT2D eigenvalue weighted by Gasteiger charge is 2.62. The zero-order chi connectivity index (χ0) is 17.7. The van der Waals surface area contributed by atoms with Crippen molar-refractivity contribution in [3.63, 3.8) is 0 Å². The molecule has 1 aromatic carbocycles. The number of ether oxygens (including phenoxy) is 2. The second-order valence-electron chi connectivity index (χ2n) is 8.21. The molecule has 2 aromatic rings. The summed E-state index contributed by atoms with van der Waals surface area (Å²) in [5, 5.41) is 0.996. The number of carbonyl (C=O) groups is 1. The van der Waals surface area contributed by atoms with Gasteiger partial charge in [0.2, 0.25) is 0 Å². The molecule has 0 spiro atoms. The second-order valence-corrected chi connectivity index (χ2v) is 8.21. The lowest BCUT2D eigenvalue weighted by molar-refractivity contribution is -0.159. The molecule has 2 saturated carbocycles. The summed E-state index contributed by atoms with van der Waals surface area (Å²) in [5.74, 6) is 0.982. The zero-order valence-electron chi connectivity index (χ0n) is 15.1. The predicted molar refractivity (Wildman–Crippen MR) is 96.3 cm³/mol. The molecule has 0 unspecified atom stereocenters. The first-order valence-electron chi connectivity index (χ1n) is 9.08. The molecule has 0 N–H and O–H groups in total. The van der Waals surface area contributed by atoms with E-state index in [1.807, 2.05) is 30.3 Å². The van der Waals surface area contributed by atoms with Gasteiger partial charge in [0.1, 0.15) is 17.4 Å². The molecule has 3 atom stereocenters. The fraction of sp³-hybridized carbons (Fsp3) is 0.524. The average Bonchev–Trinajstić information content (AvgIpc) is 2.93. The van der Waals surface area contributed by atoms with E-state index in [2.05, 4.69) is 25.8 Å². The fourth-order valence-electron chi connectivity index (χ4n) is 4.83. The van der Waals surface area contributed by atoms with Crippen LogP contribution in [0.2, 0.25) is 0 Å². The normalized spacial score (nSPS) is 29.7. The van der Waals surface area contributed by atoms with Crippen LogP contribution in [0.4, 0.5) is 0 Å². The molecule has 0 amide bonds. The molecule has 1 aromatic heterocycles. The fourth-order valence-corrected chi connectivity index (χ4v) is 4.83. The summed E-state index contributed by atoms with van der Waals surface area (Å²) in [6.07, 6.45) is 5.09. The van der Waals surface area contributed by atoms with Gasteiger partial charge in [-0.3, -0.25) is 4.98 Å². The summed E-state index contributed by atoms with van der Waals surface area (Å²) in [7, 11) is 0. The Morgan fingerprint density at radius 2 is 2.04 bits per heavy atom. The summed E-state index contributed by atoms with van der Waals surface area (Å²) in [6.45, 7) is 6.83. The number of hydrogen-bond acceptors (Lipinski definition) is 4. The van der Waals surface area contributed by atoms with Crippen LogP contribution in [0.5, 0.6) is 5.75 Å².